The van der Waals surface area contributed by atoms with Gasteiger partial charge in [-0.1, -0.05) is 0 Å². The summed E-state index contributed by atoms with van der Waals surface area (Å²) < 4.78 is 5.13. The minimum atomic E-state index is 0.0886. The number of benzene rings is 1. The molecule has 0 bridgehead atoms. The first-order chi connectivity index (χ1) is 8.22. The Morgan fingerprint density at radius 1 is 1.41 bits per heavy atom. The summed E-state index contributed by atoms with van der Waals surface area (Å²) in [5.74, 6) is 0.907. The van der Waals surface area contributed by atoms with Gasteiger partial charge in [-0.15, -0.1) is 0 Å². The number of piperidine rings is 1. The van der Waals surface area contributed by atoms with Crippen LogP contribution in [-0.4, -0.2) is 26.0 Å². The molecule has 4 heteroatoms. The van der Waals surface area contributed by atoms with Crippen LogP contribution in [-0.2, 0) is 0 Å². The Labute approximate surface area is 101 Å². The number of ether oxygens (including phenoxy) is 1. The Balaban J connectivity index is 2.22. The highest BCUT2D eigenvalue weighted by Gasteiger charge is 2.23. The largest absolute Gasteiger partial charge is 0.497 e. The number of rotatable bonds is 3. The first-order valence-corrected chi connectivity index (χ1v) is 5.91. The molecule has 0 unspecified atom stereocenters. The van der Waals surface area contributed by atoms with Crippen LogP contribution >= 0.6 is 0 Å². The van der Waals surface area contributed by atoms with Crippen molar-refractivity contribution in [2.75, 3.05) is 25.9 Å². The Morgan fingerprint density at radius 2 is 2.12 bits per heavy atom. The number of carbonyl (C=O) groups excluding carboxylic acids is 1. The van der Waals surface area contributed by atoms with Gasteiger partial charge in [-0.05, 0) is 44.1 Å². The van der Waals surface area contributed by atoms with Crippen molar-refractivity contribution < 1.29 is 9.53 Å². The maximum absolute atomic E-state index is 12.3. The number of hydrogen-bond acceptors (Lipinski definition) is 4. The van der Waals surface area contributed by atoms with Crippen molar-refractivity contribution in [2.45, 2.75) is 12.8 Å². The van der Waals surface area contributed by atoms with Crippen LogP contribution in [0.25, 0.3) is 0 Å². The molecular weight excluding hydrogens is 216 g/mol. The smallest absolute Gasteiger partial charge is 0.168 e. The lowest BCUT2D eigenvalue weighted by Crippen LogP contribution is -2.32. The summed E-state index contributed by atoms with van der Waals surface area (Å²) in [4.78, 5) is 12.3. The molecule has 0 radical (unpaired) electrons. The third kappa shape index (κ3) is 2.58. The molecule has 2 rings (SSSR count). The number of hydrogen-bond donors (Lipinski definition) is 2. The molecule has 1 aromatic carbocycles. The van der Waals surface area contributed by atoms with Crippen LogP contribution in [0.15, 0.2) is 18.2 Å². The average Bonchev–Trinajstić information content (AvgIpc) is 2.39. The van der Waals surface area contributed by atoms with E-state index in [1.54, 1.807) is 25.3 Å². The number of Topliss-reactive ketones (excluding diaryl/α,β-unsaturated/α-hetero) is 1. The van der Waals surface area contributed by atoms with Crippen LogP contribution in [0, 0.1) is 5.92 Å². The minimum Gasteiger partial charge on any atom is -0.497 e. The van der Waals surface area contributed by atoms with Gasteiger partial charge < -0.3 is 15.8 Å². The van der Waals surface area contributed by atoms with E-state index in [1.165, 1.54) is 0 Å². The average molecular weight is 234 g/mol. The summed E-state index contributed by atoms with van der Waals surface area (Å²) in [6, 6.07) is 5.24. The van der Waals surface area contributed by atoms with Gasteiger partial charge in [-0.3, -0.25) is 4.79 Å². The molecule has 17 heavy (non-hydrogen) atoms. The third-order valence-electron chi connectivity index (χ3n) is 3.24. The summed E-state index contributed by atoms with van der Waals surface area (Å²) in [7, 11) is 1.59. The Morgan fingerprint density at radius 3 is 2.76 bits per heavy atom. The van der Waals surface area contributed by atoms with Crippen molar-refractivity contribution in [1.82, 2.24) is 5.32 Å². The molecule has 92 valence electrons. The van der Waals surface area contributed by atoms with Crippen molar-refractivity contribution in [2.24, 2.45) is 5.92 Å². The van der Waals surface area contributed by atoms with Gasteiger partial charge in [0.1, 0.15) is 5.75 Å². The molecule has 0 spiro atoms. The maximum Gasteiger partial charge on any atom is 0.168 e. The molecule has 1 aromatic rings. The molecule has 0 amide bonds. The van der Waals surface area contributed by atoms with Crippen LogP contribution in [0.3, 0.4) is 0 Å². The molecule has 1 saturated heterocycles. The number of ketones is 1. The summed E-state index contributed by atoms with van der Waals surface area (Å²) >= 11 is 0. The fraction of sp³-hybridized carbons (Fsp3) is 0.462. The fourth-order valence-corrected chi connectivity index (χ4v) is 2.18. The molecule has 0 aromatic heterocycles. The highest BCUT2D eigenvalue weighted by Crippen LogP contribution is 2.25. The van der Waals surface area contributed by atoms with Crippen molar-refractivity contribution in [3.8, 4) is 5.75 Å². The molecule has 0 aliphatic carbocycles. The van der Waals surface area contributed by atoms with E-state index >= 15 is 0 Å². The van der Waals surface area contributed by atoms with Crippen molar-refractivity contribution >= 4 is 11.5 Å². The Kier molecular flexibility index (Phi) is 3.64. The van der Waals surface area contributed by atoms with Gasteiger partial charge in [0, 0.05) is 17.2 Å². The zero-order valence-electron chi connectivity index (χ0n) is 10.0. The molecular formula is C13H18N2O2. The second kappa shape index (κ2) is 5.19. The van der Waals surface area contributed by atoms with Gasteiger partial charge in [0.15, 0.2) is 5.78 Å². The van der Waals surface area contributed by atoms with E-state index in [9.17, 15) is 4.79 Å². The first kappa shape index (κ1) is 11.9. The second-order valence-corrected chi connectivity index (χ2v) is 4.34. The lowest BCUT2D eigenvalue weighted by Gasteiger charge is -2.22. The van der Waals surface area contributed by atoms with Gasteiger partial charge >= 0.3 is 0 Å². The second-order valence-electron chi connectivity index (χ2n) is 4.34. The molecule has 3 N–H and O–H groups in total. The molecule has 0 atom stereocenters. The Bertz CT molecular complexity index is 412. The van der Waals surface area contributed by atoms with Crippen LogP contribution in [0.1, 0.15) is 23.2 Å². The van der Waals surface area contributed by atoms with Gasteiger partial charge in [0.05, 0.1) is 7.11 Å². The van der Waals surface area contributed by atoms with Crippen LogP contribution in [0.5, 0.6) is 5.75 Å². The molecule has 4 nitrogen and oxygen atoms in total. The molecule has 1 fully saturated rings. The summed E-state index contributed by atoms with van der Waals surface area (Å²) in [6.07, 6.45) is 1.77. The predicted molar refractivity (Wildman–Crippen MR) is 67.3 cm³/mol. The fourth-order valence-electron chi connectivity index (χ4n) is 2.18. The van der Waals surface area contributed by atoms with E-state index in [4.69, 9.17) is 10.5 Å². The number of methoxy groups -OCH3 is 1. The van der Waals surface area contributed by atoms with E-state index in [2.05, 4.69) is 5.32 Å². The highest BCUT2D eigenvalue weighted by molar-refractivity contribution is 6.02. The summed E-state index contributed by atoms with van der Waals surface area (Å²) in [6.45, 7) is 1.81. The minimum absolute atomic E-state index is 0.0886. The van der Waals surface area contributed by atoms with E-state index < -0.39 is 0 Å². The highest BCUT2D eigenvalue weighted by atomic mass is 16.5. The summed E-state index contributed by atoms with van der Waals surface area (Å²) in [5.41, 5.74) is 6.99. The Hall–Kier alpha value is -1.55. The standard InChI is InChI=1S/C13H18N2O2/c1-17-10-2-3-12(14)11(8-10)13(16)9-4-6-15-7-5-9/h2-3,8-9,15H,4-7,14H2,1H3. The third-order valence-corrected chi connectivity index (χ3v) is 3.24. The number of nitrogens with two attached hydrogens (primary N) is 1. The van der Waals surface area contributed by atoms with E-state index in [1.807, 2.05) is 0 Å². The normalized spacial score (nSPS) is 16.8. The van der Waals surface area contributed by atoms with Crippen molar-refractivity contribution in [1.29, 1.82) is 0 Å². The molecule has 1 heterocycles. The van der Waals surface area contributed by atoms with Crippen LogP contribution in [0.4, 0.5) is 5.69 Å². The molecule has 1 aliphatic rings. The van der Waals surface area contributed by atoms with Gasteiger partial charge in [-0.25, -0.2) is 0 Å². The summed E-state index contributed by atoms with van der Waals surface area (Å²) in [5, 5.41) is 3.25. The van der Waals surface area contributed by atoms with E-state index in [0.29, 0.717) is 17.0 Å². The predicted octanol–water partition coefficient (Wildman–Crippen LogP) is 1.46. The number of nitrogen functional groups attached to an aromatic ring is 1. The first-order valence-electron chi connectivity index (χ1n) is 5.91. The van der Waals surface area contributed by atoms with Gasteiger partial charge in [-0.2, -0.15) is 0 Å². The van der Waals surface area contributed by atoms with E-state index in [-0.39, 0.29) is 11.7 Å². The van der Waals surface area contributed by atoms with Crippen LogP contribution < -0.4 is 15.8 Å². The van der Waals surface area contributed by atoms with E-state index in [0.717, 1.165) is 25.9 Å². The van der Waals surface area contributed by atoms with Crippen molar-refractivity contribution in [3.05, 3.63) is 23.8 Å². The van der Waals surface area contributed by atoms with Gasteiger partial charge in [0.2, 0.25) is 0 Å². The van der Waals surface area contributed by atoms with Crippen molar-refractivity contribution in [3.63, 3.8) is 0 Å². The number of carbonyl (C=O) groups is 1. The monoisotopic (exact) mass is 234 g/mol. The topological polar surface area (TPSA) is 64.3 Å². The van der Waals surface area contributed by atoms with Crippen LogP contribution in [0.2, 0.25) is 0 Å². The number of anilines is 1. The maximum atomic E-state index is 12.3. The quantitative estimate of drug-likeness (QED) is 0.614. The molecule has 0 saturated carbocycles. The lowest BCUT2D eigenvalue weighted by molar-refractivity contribution is 0.0895. The SMILES string of the molecule is COc1ccc(N)c(C(=O)C2CCNCC2)c1. The van der Waals surface area contributed by atoms with Gasteiger partial charge in [0.25, 0.3) is 0 Å². The molecule has 1 aliphatic heterocycles. The number of nitrogens with one attached hydrogen (secondary N) is 1. The lowest BCUT2D eigenvalue weighted by atomic mass is 9.89. The zero-order chi connectivity index (χ0) is 12.3. The zero-order valence-corrected chi connectivity index (χ0v) is 10.0.